The Bertz CT molecular complexity index is 482. The van der Waals surface area contributed by atoms with Gasteiger partial charge in [0.05, 0.1) is 5.69 Å². The number of aromatic amines is 2. The Kier molecular flexibility index (Phi) is 1.37. The third-order valence-corrected chi connectivity index (χ3v) is 1.92. The van der Waals surface area contributed by atoms with Gasteiger partial charge in [-0.3, -0.25) is 5.10 Å². The summed E-state index contributed by atoms with van der Waals surface area (Å²) >= 11 is 5.01. The first-order valence-corrected chi connectivity index (χ1v) is 3.80. The molecule has 0 saturated carbocycles. The largest absolute Gasteiger partial charge is 0.369 e. The smallest absolute Gasteiger partial charge is 0.199 e. The fourth-order valence-corrected chi connectivity index (χ4v) is 1.30. The minimum atomic E-state index is 0.317. The van der Waals surface area contributed by atoms with E-state index in [0.29, 0.717) is 10.6 Å². The Morgan fingerprint density at radius 3 is 3.00 bits per heavy atom. The number of H-pyrrole nitrogens is 2. The van der Waals surface area contributed by atoms with E-state index in [9.17, 15) is 0 Å². The topological polar surface area (TPSA) is 83.4 Å². The van der Waals surface area contributed by atoms with Gasteiger partial charge in [0.1, 0.15) is 15.7 Å². The van der Waals surface area contributed by atoms with Gasteiger partial charge < -0.3 is 10.7 Å². The minimum absolute atomic E-state index is 0.317. The van der Waals surface area contributed by atoms with Crippen molar-refractivity contribution in [3.05, 3.63) is 10.3 Å². The molecule has 0 aliphatic carbocycles. The van der Waals surface area contributed by atoms with Crippen LogP contribution in [0.15, 0.2) is 0 Å². The number of rotatable bonds is 0. The summed E-state index contributed by atoms with van der Waals surface area (Å²) in [6.45, 7) is 1.85. The van der Waals surface area contributed by atoms with Crippen molar-refractivity contribution in [3.63, 3.8) is 0 Å². The van der Waals surface area contributed by atoms with Gasteiger partial charge in [0.15, 0.2) is 5.95 Å². The lowest BCUT2D eigenvalue weighted by Gasteiger charge is -1.92. The lowest BCUT2D eigenvalue weighted by Crippen LogP contribution is -1.94. The Morgan fingerprint density at radius 2 is 2.25 bits per heavy atom. The van der Waals surface area contributed by atoms with Crippen molar-refractivity contribution >= 4 is 29.2 Å². The van der Waals surface area contributed by atoms with Crippen LogP contribution >= 0.6 is 12.2 Å². The maximum atomic E-state index is 5.48. The van der Waals surface area contributed by atoms with E-state index >= 15 is 0 Å². The highest BCUT2D eigenvalue weighted by Gasteiger charge is 2.04. The highest BCUT2D eigenvalue weighted by Crippen LogP contribution is 2.13. The summed E-state index contributed by atoms with van der Waals surface area (Å²) in [6, 6.07) is 0. The zero-order valence-electron chi connectivity index (χ0n) is 6.38. The highest BCUT2D eigenvalue weighted by atomic mass is 32.1. The Balaban J connectivity index is 3.03. The third kappa shape index (κ3) is 0.884. The standard InChI is InChI=1S/C6H7N5S/c1-2-3-4(11-10-2)5(12)9-6(7)8-3/h1H3,(H,10,11)(H3,7,8,9,12). The van der Waals surface area contributed by atoms with Crippen LogP contribution in [0.5, 0.6) is 0 Å². The minimum Gasteiger partial charge on any atom is -0.369 e. The fourth-order valence-electron chi connectivity index (χ4n) is 1.05. The van der Waals surface area contributed by atoms with E-state index < -0.39 is 0 Å². The molecule has 0 spiro atoms. The van der Waals surface area contributed by atoms with Crippen LogP contribution in [0.25, 0.3) is 11.0 Å². The molecule has 0 atom stereocenters. The number of nitrogens with two attached hydrogens (primary N) is 1. The van der Waals surface area contributed by atoms with Crippen LogP contribution in [0.1, 0.15) is 5.69 Å². The van der Waals surface area contributed by atoms with Crippen LogP contribution in [0.3, 0.4) is 0 Å². The second kappa shape index (κ2) is 2.28. The van der Waals surface area contributed by atoms with Crippen LogP contribution < -0.4 is 5.73 Å². The van der Waals surface area contributed by atoms with Crippen molar-refractivity contribution in [1.82, 2.24) is 20.2 Å². The highest BCUT2D eigenvalue weighted by molar-refractivity contribution is 7.71. The average Bonchev–Trinajstić information content (AvgIpc) is 2.33. The van der Waals surface area contributed by atoms with Gasteiger partial charge in [-0.05, 0) is 6.92 Å². The lowest BCUT2D eigenvalue weighted by atomic mass is 10.4. The summed E-state index contributed by atoms with van der Waals surface area (Å²) in [5.74, 6) is 0.317. The quantitative estimate of drug-likeness (QED) is 0.527. The van der Waals surface area contributed by atoms with Crippen molar-refractivity contribution in [2.45, 2.75) is 6.92 Å². The number of nitrogen functional groups attached to an aromatic ring is 1. The summed E-state index contributed by atoms with van der Waals surface area (Å²) in [5, 5.41) is 6.75. The molecule has 0 aliphatic heterocycles. The Hall–Kier alpha value is -1.43. The molecular weight excluding hydrogens is 174 g/mol. The molecule has 0 amide bonds. The van der Waals surface area contributed by atoms with E-state index in [1.807, 2.05) is 6.92 Å². The van der Waals surface area contributed by atoms with Crippen LogP contribution in [0.2, 0.25) is 0 Å². The first kappa shape index (κ1) is 7.23. The first-order chi connectivity index (χ1) is 5.68. The summed E-state index contributed by atoms with van der Waals surface area (Å²) in [7, 11) is 0. The zero-order chi connectivity index (χ0) is 8.72. The van der Waals surface area contributed by atoms with Crippen LogP contribution in [0.4, 0.5) is 5.95 Å². The number of nitrogens with zero attached hydrogens (tertiary/aromatic N) is 2. The third-order valence-electron chi connectivity index (χ3n) is 1.62. The van der Waals surface area contributed by atoms with Gasteiger partial charge in [-0.1, -0.05) is 12.2 Å². The zero-order valence-corrected chi connectivity index (χ0v) is 7.20. The van der Waals surface area contributed by atoms with Gasteiger partial charge in [-0.25, -0.2) is 4.98 Å². The number of hydrogen-bond acceptors (Lipinski definition) is 4. The molecule has 2 heterocycles. The van der Waals surface area contributed by atoms with Crippen molar-refractivity contribution in [2.24, 2.45) is 0 Å². The number of nitrogens with one attached hydrogen (secondary N) is 2. The predicted octanol–water partition coefficient (Wildman–Crippen LogP) is 0.906. The van der Waals surface area contributed by atoms with Gasteiger partial charge in [0.2, 0.25) is 0 Å². The summed E-state index contributed by atoms with van der Waals surface area (Å²) in [6.07, 6.45) is 0. The summed E-state index contributed by atoms with van der Waals surface area (Å²) < 4.78 is 0.540. The Morgan fingerprint density at radius 1 is 1.50 bits per heavy atom. The van der Waals surface area contributed by atoms with Crippen molar-refractivity contribution in [3.8, 4) is 0 Å². The maximum absolute atomic E-state index is 5.48. The van der Waals surface area contributed by atoms with E-state index in [-0.39, 0.29) is 0 Å². The van der Waals surface area contributed by atoms with E-state index in [2.05, 4.69) is 20.2 Å². The molecule has 0 bridgehead atoms. The molecule has 12 heavy (non-hydrogen) atoms. The molecule has 4 N–H and O–H groups in total. The molecule has 2 aromatic rings. The molecule has 0 aromatic carbocycles. The number of aryl methyl sites for hydroxylation is 1. The number of aromatic nitrogens is 4. The van der Waals surface area contributed by atoms with Crippen LogP contribution in [-0.4, -0.2) is 20.2 Å². The van der Waals surface area contributed by atoms with E-state index in [4.69, 9.17) is 18.0 Å². The molecule has 0 saturated heterocycles. The van der Waals surface area contributed by atoms with Crippen LogP contribution in [0, 0.1) is 11.6 Å². The van der Waals surface area contributed by atoms with Gasteiger partial charge in [-0.2, -0.15) is 5.10 Å². The molecule has 5 nitrogen and oxygen atoms in total. The van der Waals surface area contributed by atoms with E-state index in [1.165, 1.54) is 0 Å². The second-order valence-electron chi connectivity index (χ2n) is 2.48. The molecule has 2 rings (SSSR count). The summed E-state index contributed by atoms with van der Waals surface area (Å²) in [4.78, 5) is 6.79. The molecular formula is C6H7N5S. The molecule has 2 aromatic heterocycles. The summed E-state index contributed by atoms with van der Waals surface area (Å²) in [5.41, 5.74) is 7.75. The SMILES string of the molecule is Cc1n[nH]c2c(=S)[nH]c(N)nc12. The predicted molar refractivity (Wildman–Crippen MR) is 48.2 cm³/mol. The lowest BCUT2D eigenvalue weighted by molar-refractivity contribution is 1.06. The normalized spacial score (nSPS) is 10.8. The Labute approximate surface area is 73.0 Å². The monoisotopic (exact) mass is 181 g/mol. The molecule has 0 radical (unpaired) electrons. The van der Waals surface area contributed by atoms with Crippen molar-refractivity contribution in [1.29, 1.82) is 0 Å². The first-order valence-electron chi connectivity index (χ1n) is 3.39. The number of fused-ring (bicyclic) bond motifs is 1. The van der Waals surface area contributed by atoms with Gasteiger partial charge >= 0.3 is 0 Å². The molecule has 0 unspecified atom stereocenters. The maximum Gasteiger partial charge on any atom is 0.199 e. The van der Waals surface area contributed by atoms with Crippen LogP contribution in [-0.2, 0) is 0 Å². The van der Waals surface area contributed by atoms with Crippen molar-refractivity contribution < 1.29 is 0 Å². The molecule has 0 aliphatic rings. The average molecular weight is 181 g/mol. The van der Waals surface area contributed by atoms with Gasteiger partial charge in [-0.15, -0.1) is 0 Å². The van der Waals surface area contributed by atoms with Gasteiger partial charge in [0, 0.05) is 0 Å². The molecule has 62 valence electrons. The van der Waals surface area contributed by atoms with Gasteiger partial charge in [0.25, 0.3) is 0 Å². The second-order valence-corrected chi connectivity index (χ2v) is 2.89. The fraction of sp³-hybridized carbons (Fsp3) is 0.167. The number of hydrogen-bond donors (Lipinski definition) is 3. The van der Waals surface area contributed by atoms with E-state index in [0.717, 1.165) is 16.7 Å². The van der Waals surface area contributed by atoms with Crippen molar-refractivity contribution in [2.75, 3.05) is 5.73 Å². The van der Waals surface area contributed by atoms with E-state index in [1.54, 1.807) is 0 Å². The number of anilines is 1. The molecule has 0 fully saturated rings. The molecule has 6 heteroatoms.